The number of hydrogen-bond donors (Lipinski definition) is 2. The fourth-order valence-corrected chi connectivity index (χ4v) is 10.3. The van der Waals surface area contributed by atoms with Crippen LogP contribution in [-0.4, -0.2) is 61.0 Å². The number of urea groups is 1. The third-order valence-corrected chi connectivity index (χ3v) is 12.2. The van der Waals surface area contributed by atoms with Gasteiger partial charge in [-0.1, -0.05) is 0 Å². The fraction of sp³-hybridized carbons (Fsp3) is 0.633. The summed E-state index contributed by atoms with van der Waals surface area (Å²) >= 11 is 0. The van der Waals surface area contributed by atoms with Gasteiger partial charge >= 0.3 is 6.03 Å². The maximum absolute atomic E-state index is 14.1. The molecule has 8 rings (SSSR count). The molecule has 9 nitrogen and oxygen atoms in total. The minimum atomic E-state index is -3.41. The number of carbonyl (C=O) groups is 1. The van der Waals surface area contributed by atoms with Crippen LogP contribution in [0.25, 0.3) is 11.4 Å². The zero-order chi connectivity index (χ0) is 27.5. The zero-order valence-corrected chi connectivity index (χ0v) is 24.0. The number of hydrogen-bond acceptors (Lipinski definition) is 7. The Morgan fingerprint density at radius 1 is 1.05 bits per heavy atom. The Kier molecular flexibility index (Phi) is 6.53. The maximum Gasteiger partial charge on any atom is 0.319 e. The van der Waals surface area contributed by atoms with Gasteiger partial charge in [-0.05, 0) is 100 Å². The minimum Gasteiger partial charge on any atom is -0.377 e. The van der Waals surface area contributed by atoms with E-state index in [-0.39, 0.29) is 23.9 Å². The van der Waals surface area contributed by atoms with E-state index in [1.54, 1.807) is 0 Å². The third-order valence-electron chi connectivity index (χ3n) is 9.72. The van der Waals surface area contributed by atoms with E-state index >= 15 is 0 Å². The van der Waals surface area contributed by atoms with Gasteiger partial charge in [0, 0.05) is 29.9 Å². The van der Waals surface area contributed by atoms with Crippen molar-refractivity contribution in [2.45, 2.75) is 80.9 Å². The summed E-state index contributed by atoms with van der Waals surface area (Å²) in [4.78, 5) is 24.1. The van der Waals surface area contributed by atoms with Gasteiger partial charge in [0.2, 0.25) is 0 Å². The van der Waals surface area contributed by atoms with Crippen molar-refractivity contribution < 1.29 is 17.9 Å². The van der Waals surface area contributed by atoms with Gasteiger partial charge < -0.3 is 20.3 Å². The van der Waals surface area contributed by atoms with Crippen molar-refractivity contribution in [3.05, 3.63) is 36.0 Å². The van der Waals surface area contributed by atoms with Crippen molar-refractivity contribution >= 4 is 27.4 Å². The lowest BCUT2D eigenvalue weighted by Gasteiger charge is -2.55. The van der Waals surface area contributed by atoms with Crippen molar-refractivity contribution in [3.8, 4) is 11.4 Å². The molecule has 214 valence electrons. The molecule has 10 heteroatoms. The molecule has 1 atom stereocenters. The first-order valence-corrected chi connectivity index (χ1v) is 16.5. The Labute approximate surface area is 236 Å². The van der Waals surface area contributed by atoms with Gasteiger partial charge in [-0.3, -0.25) is 0 Å². The highest BCUT2D eigenvalue weighted by Crippen LogP contribution is 2.59. The fourth-order valence-electron chi connectivity index (χ4n) is 7.94. The highest BCUT2D eigenvalue weighted by molar-refractivity contribution is 7.92. The van der Waals surface area contributed by atoms with E-state index in [1.165, 1.54) is 19.3 Å². The van der Waals surface area contributed by atoms with Crippen LogP contribution in [0.4, 0.5) is 16.3 Å². The van der Waals surface area contributed by atoms with Crippen LogP contribution >= 0.6 is 0 Å². The second kappa shape index (κ2) is 9.98. The Bertz CT molecular complexity index is 1360. The molecule has 1 aromatic heterocycles. The van der Waals surface area contributed by atoms with Crippen LogP contribution in [-0.2, 0) is 20.3 Å². The van der Waals surface area contributed by atoms with Crippen molar-refractivity contribution in [3.63, 3.8) is 0 Å². The summed E-state index contributed by atoms with van der Waals surface area (Å²) in [5.74, 6) is 2.87. The molecule has 0 radical (unpaired) electrons. The molecule has 6 aliphatic rings. The summed E-state index contributed by atoms with van der Waals surface area (Å²) in [6.07, 6.45) is 8.13. The second-order valence-corrected chi connectivity index (χ2v) is 15.4. The molecule has 2 amide bonds. The first-order chi connectivity index (χ1) is 19.2. The number of rotatable bonds is 7. The topological polar surface area (TPSA) is 114 Å². The van der Waals surface area contributed by atoms with E-state index in [2.05, 4.69) is 22.5 Å². The van der Waals surface area contributed by atoms with Crippen LogP contribution in [0.1, 0.15) is 64.0 Å². The molecule has 5 saturated carbocycles. The molecular formula is C30H39N5O4S. The molecule has 40 heavy (non-hydrogen) atoms. The van der Waals surface area contributed by atoms with Gasteiger partial charge in [0.05, 0.1) is 35.4 Å². The van der Waals surface area contributed by atoms with Gasteiger partial charge in [0.1, 0.15) is 5.82 Å². The summed E-state index contributed by atoms with van der Waals surface area (Å²) in [6.45, 7) is 4.00. The van der Waals surface area contributed by atoms with Crippen LogP contribution in [0, 0.1) is 17.8 Å². The molecule has 1 saturated heterocycles. The summed E-state index contributed by atoms with van der Waals surface area (Å²) in [6, 6.07) is 9.51. The number of nitrogens with one attached hydrogen (secondary N) is 2. The molecule has 6 fully saturated rings. The van der Waals surface area contributed by atoms with E-state index in [0.29, 0.717) is 54.7 Å². The molecule has 4 bridgehead atoms. The first kappa shape index (κ1) is 26.2. The number of morpholine rings is 1. The quantitative estimate of drug-likeness (QED) is 0.507. The zero-order valence-electron chi connectivity index (χ0n) is 23.1. The molecule has 2 aromatic rings. The SMILES string of the molecule is C[C@H]1COCCN1c1cc(CS(=O)(=O)C23CC4CC(CC(C4)C2)C3)nc(-c2ccc(NC(=O)NC3CC3)cc2)n1. The molecule has 1 aliphatic heterocycles. The molecule has 2 N–H and O–H groups in total. The molecular weight excluding hydrogens is 526 g/mol. The van der Waals surface area contributed by atoms with E-state index in [4.69, 9.17) is 14.7 Å². The number of benzene rings is 1. The number of sulfone groups is 1. The number of ether oxygens (including phenoxy) is 1. The lowest BCUT2D eigenvalue weighted by atomic mass is 9.56. The Morgan fingerprint density at radius 2 is 1.73 bits per heavy atom. The number of aromatic nitrogens is 2. The predicted molar refractivity (Wildman–Crippen MR) is 154 cm³/mol. The Balaban J connectivity index is 1.18. The lowest BCUT2D eigenvalue weighted by Crippen LogP contribution is -2.55. The third kappa shape index (κ3) is 5.09. The number of anilines is 2. The molecule has 0 spiro atoms. The van der Waals surface area contributed by atoms with Crippen molar-refractivity contribution in [1.29, 1.82) is 0 Å². The largest absolute Gasteiger partial charge is 0.377 e. The van der Waals surface area contributed by atoms with Crippen molar-refractivity contribution in [1.82, 2.24) is 15.3 Å². The summed E-state index contributed by atoms with van der Waals surface area (Å²) < 4.78 is 33.3. The standard InChI is InChI=1S/C30H39N5O4S/c1-19-17-39-9-8-35(19)27-13-26(18-40(37,38)30-14-20-10-21(15-30)12-22(11-20)16-30)31-28(34-27)23-2-4-24(5-3-23)32-29(36)33-25-6-7-25/h2-5,13,19-22,25H,6-12,14-18H2,1H3,(H2,32,33,36)/t19-,20?,21?,22?,30?/m0/s1. The Morgan fingerprint density at radius 3 is 2.35 bits per heavy atom. The molecule has 0 unspecified atom stereocenters. The lowest BCUT2D eigenvalue weighted by molar-refractivity contribution is 0.0338. The van der Waals surface area contributed by atoms with Crippen LogP contribution in [0.15, 0.2) is 30.3 Å². The van der Waals surface area contributed by atoms with Crippen LogP contribution in [0.3, 0.4) is 0 Å². The average Bonchev–Trinajstić information content (AvgIpc) is 3.72. The average molecular weight is 566 g/mol. The predicted octanol–water partition coefficient (Wildman–Crippen LogP) is 4.54. The van der Waals surface area contributed by atoms with Crippen LogP contribution in [0.5, 0.6) is 0 Å². The van der Waals surface area contributed by atoms with E-state index in [0.717, 1.165) is 43.5 Å². The maximum atomic E-state index is 14.1. The van der Waals surface area contributed by atoms with Gasteiger partial charge in [0.15, 0.2) is 15.7 Å². The number of amides is 2. The van der Waals surface area contributed by atoms with E-state index in [1.807, 2.05) is 30.3 Å². The monoisotopic (exact) mass is 565 g/mol. The highest BCUT2D eigenvalue weighted by Gasteiger charge is 2.57. The molecule has 5 aliphatic carbocycles. The normalized spacial score (nSPS) is 31.3. The van der Waals surface area contributed by atoms with Crippen LogP contribution < -0.4 is 15.5 Å². The first-order valence-electron chi connectivity index (χ1n) is 14.9. The van der Waals surface area contributed by atoms with Crippen molar-refractivity contribution in [2.24, 2.45) is 17.8 Å². The van der Waals surface area contributed by atoms with Crippen LogP contribution in [0.2, 0.25) is 0 Å². The number of carbonyl (C=O) groups excluding carboxylic acids is 1. The summed E-state index contributed by atoms with van der Waals surface area (Å²) in [7, 11) is -3.41. The van der Waals surface area contributed by atoms with Crippen molar-refractivity contribution in [2.75, 3.05) is 30.0 Å². The van der Waals surface area contributed by atoms with E-state index in [9.17, 15) is 13.2 Å². The van der Waals surface area contributed by atoms with Gasteiger partial charge in [-0.2, -0.15) is 0 Å². The molecule has 2 heterocycles. The summed E-state index contributed by atoms with van der Waals surface area (Å²) in [5, 5.41) is 5.80. The van der Waals surface area contributed by atoms with Gasteiger partial charge in [0.25, 0.3) is 0 Å². The number of nitrogens with zero attached hydrogens (tertiary/aromatic N) is 3. The van der Waals surface area contributed by atoms with Gasteiger partial charge in [-0.25, -0.2) is 23.2 Å². The second-order valence-electron chi connectivity index (χ2n) is 13.0. The molecule has 1 aromatic carbocycles. The minimum absolute atomic E-state index is 0.0542. The van der Waals surface area contributed by atoms with Gasteiger partial charge in [-0.15, -0.1) is 0 Å². The highest BCUT2D eigenvalue weighted by atomic mass is 32.2. The summed E-state index contributed by atoms with van der Waals surface area (Å²) in [5.41, 5.74) is 2.02. The smallest absolute Gasteiger partial charge is 0.319 e. The van der Waals surface area contributed by atoms with E-state index < -0.39 is 14.6 Å². The Hall–Kier alpha value is -2.72.